The molecular formula is C19H14Br2N4O2S3. The third-order valence-electron chi connectivity index (χ3n) is 4.12. The molecule has 0 aliphatic carbocycles. The van der Waals surface area contributed by atoms with Crippen molar-refractivity contribution in [2.45, 2.75) is 27.1 Å². The Morgan fingerprint density at radius 1 is 1.03 bits per heavy atom. The molecule has 0 N–H and O–H groups in total. The average molecular weight is 586 g/mol. The molecule has 11 heteroatoms. The van der Waals surface area contributed by atoms with Crippen LogP contribution in [0.2, 0.25) is 0 Å². The van der Waals surface area contributed by atoms with Crippen LogP contribution < -0.4 is 0 Å². The number of benzene rings is 2. The molecule has 0 fully saturated rings. The van der Waals surface area contributed by atoms with Crippen molar-refractivity contribution in [2.75, 3.05) is 0 Å². The third kappa shape index (κ3) is 4.70. The van der Waals surface area contributed by atoms with E-state index in [1.54, 1.807) is 28.8 Å². The molecule has 2 aromatic carbocycles. The van der Waals surface area contributed by atoms with Gasteiger partial charge in [0.25, 0.3) is 0 Å². The second kappa shape index (κ2) is 8.91. The van der Waals surface area contributed by atoms with E-state index in [1.807, 2.05) is 37.3 Å². The molecule has 0 saturated heterocycles. The van der Waals surface area contributed by atoms with Crippen LogP contribution in [0.15, 0.2) is 77.4 Å². The second-order valence-electron chi connectivity index (χ2n) is 6.29. The summed E-state index contributed by atoms with van der Waals surface area (Å²) in [6.07, 6.45) is 0. The van der Waals surface area contributed by atoms with Gasteiger partial charge in [-0.05, 0) is 74.8 Å². The van der Waals surface area contributed by atoms with Crippen LogP contribution in [-0.2, 0) is 15.6 Å². The van der Waals surface area contributed by atoms with Crippen molar-refractivity contribution < 1.29 is 8.42 Å². The highest BCUT2D eigenvalue weighted by atomic mass is 79.9. The van der Waals surface area contributed by atoms with Crippen molar-refractivity contribution in [2.24, 2.45) is 0 Å². The lowest BCUT2D eigenvalue weighted by Crippen LogP contribution is -2.11. The van der Waals surface area contributed by atoms with Gasteiger partial charge in [0.15, 0.2) is 20.0 Å². The zero-order valence-corrected chi connectivity index (χ0v) is 21.1. The van der Waals surface area contributed by atoms with E-state index in [-0.39, 0.29) is 10.6 Å². The second-order valence-corrected chi connectivity index (χ2v) is 12.6. The zero-order chi connectivity index (χ0) is 21.3. The van der Waals surface area contributed by atoms with Crippen LogP contribution in [0, 0.1) is 6.92 Å². The molecule has 0 saturated carbocycles. The van der Waals surface area contributed by atoms with Crippen molar-refractivity contribution in [3.8, 4) is 5.69 Å². The SMILES string of the molecule is Cc1ccc(S(=O)(=O)Cc2nnc(Sc3nc(Br)c(Br)s3)n2-c2ccccc2)cc1. The number of hydrogen-bond donors (Lipinski definition) is 0. The molecule has 4 rings (SSSR count). The van der Waals surface area contributed by atoms with E-state index < -0.39 is 9.84 Å². The van der Waals surface area contributed by atoms with Crippen molar-refractivity contribution >= 4 is 64.8 Å². The number of thiazole rings is 1. The monoisotopic (exact) mass is 584 g/mol. The Bertz CT molecular complexity index is 1270. The summed E-state index contributed by atoms with van der Waals surface area (Å²) in [5.41, 5.74) is 1.79. The maximum Gasteiger partial charge on any atom is 0.202 e. The molecule has 0 atom stereocenters. The molecule has 2 aromatic heterocycles. The van der Waals surface area contributed by atoms with E-state index >= 15 is 0 Å². The number of para-hydroxylation sites is 1. The van der Waals surface area contributed by atoms with E-state index in [1.165, 1.54) is 23.1 Å². The predicted molar refractivity (Wildman–Crippen MR) is 125 cm³/mol. The van der Waals surface area contributed by atoms with E-state index in [0.717, 1.165) is 19.4 Å². The number of halogens is 2. The third-order valence-corrected chi connectivity index (χ3v) is 9.83. The fourth-order valence-electron chi connectivity index (χ4n) is 2.68. The minimum absolute atomic E-state index is 0.260. The topological polar surface area (TPSA) is 77.7 Å². The summed E-state index contributed by atoms with van der Waals surface area (Å²) in [6.45, 7) is 1.92. The lowest BCUT2D eigenvalue weighted by Gasteiger charge is -2.10. The van der Waals surface area contributed by atoms with Gasteiger partial charge in [0.1, 0.15) is 14.1 Å². The van der Waals surface area contributed by atoms with Gasteiger partial charge in [-0.15, -0.1) is 10.2 Å². The average Bonchev–Trinajstić information content (AvgIpc) is 3.24. The first kappa shape index (κ1) is 21.7. The minimum atomic E-state index is -3.58. The molecular weight excluding hydrogens is 572 g/mol. The summed E-state index contributed by atoms with van der Waals surface area (Å²) in [7, 11) is -3.58. The summed E-state index contributed by atoms with van der Waals surface area (Å²) in [5, 5.41) is 9.02. The molecule has 2 heterocycles. The Morgan fingerprint density at radius 3 is 2.37 bits per heavy atom. The van der Waals surface area contributed by atoms with Crippen molar-refractivity contribution in [1.29, 1.82) is 0 Å². The Kier molecular flexibility index (Phi) is 6.44. The van der Waals surface area contributed by atoms with Crippen LogP contribution >= 0.6 is 55.0 Å². The van der Waals surface area contributed by atoms with Gasteiger partial charge in [-0.3, -0.25) is 4.57 Å². The van der Waals surface area contributed by atoms with Crippen LogP contribution in [0.3, 0.4) is 0 Å². The molecule has 0 radical (unpaired) electrons. The summed E-state index contributed by atoms with van der Waals surface area (Å²) < 4.78 is 30.1. The lowest BCUT2D eigenvalue weighted by atomic mass is 10.2. The van der Waals surface area contributed by atoms with E-state index in [9.17, 15) is 8.42 Å². The summed E-state index contributed by atoms with van der Waals surface area (Å²) in [4.78, 5) is 4.69. The molecule has 0 aliphatic rings. The first-order chi connectivity index (χ1) is 14.3. The first-order valence-electron chi connectivity index (χ1n) is 8.62. The van der Waals surface area contributed by atoms with Crippen LogP contribution in [-0.4, -0.2) is 28.2 Å². The quantitative estimate of drug-likeness (QED) is 0.289. The lowest BCUT2D eigenvalue weighted by molar-refractivity contribution is 0.593. The summed E-state index contributed by atoms with van der Waals surface area (Å²) in [6, 6.07) is 16.3. The normalized spacial score (nSPS) is 11.7. The molecule has 0 bridgehead atoms. The van der Waals surface area contributed by atoms with Gasteiger partial charge in [-0.2, -0.15) is 0 Å². The van der Waals surface area contributed by atoms with Crippen molar-refractivity contribution in [3.05, 3.63) is 74.4 Å². The Balaban J connectivity index is 1.74. The number of nitrogens with zero attached hydrogens (tertiary/aromatic N) is 4. The minimum Gasteiger partial charge on any atom is -0.273 e. The van der Waals surface area contributed by atoms with E-state index in [4.69, 9.17) is 0 Å². The van der Waals surface area contributed by atoms with Gasteiger partial charge in [-0.1, -0.05) is 47.2 Å². The van der Waals surface area contributed by atoms with Crippen LogP contribution in [0.4, 0.5) is 0 Å². The van der Waals surface area contributed by atoms with Crippen LogP contribution in [0.25, 0.3) is 5.69 Å². The molecule has 0 spiro atoms. The molecule has 4 aromatic rings. The summed E-state index contributed by atoms with van der Waals surface area (Å²) in [5.74, 6) is 0.0861. The maximum atomic E-state index is 13.0. The highest BCUT2D eigenvalue weighted by Gasteiger charge is 2.23. The van der Waals surface area contributed by atoms with Crippen LogP contribution in [0.1, 0.15) is 11.4 Å². The van der Waals surface area contributed by atoms with Gasteiger partial charge >= 0.3 is 0 Å². The maximum absolute atomic E-state index is 13.0. The van der Waals surface area contributed by atoms with Gasteiger partial charge in [-0.25, -0.2) is 13.4 Å². The number of hydrogen-bond acceptors (Lipinski definition) is 7. The largest absolute Gasteiger partial charge is 0.273 e. The van der Waals surface area contributed by atoms with Gasteiger partial charge in [0.05, 0.1) is 4.90 Å². The molecule has 0 amide bonds. The van der Waals surface area contributed by atoms with Gasteiger partial charge in [0, 0.05) is 5.69 Å². The van der Waals surface area contributed by atoms with E-state index in [2.05, 4.69) is 47.0 Å². The highest BCUT2D eigenvalue weighted by Crippen LogP contribution is 2.38. The highest BCUT2D eigenvalue weighted by molar-refractivity contribution is 9.13. The number of aryl methyl sites for hydroxylation is 1. The summed E-state index contributed by atoms with van der Waals surface area (Å²) >= 11 is 9.61. The molecule has 30 heavy (non-hydrogen) atoms. The Morgan fingerprint density at radius 2 is 1.73 bits per heavy atom. The molecule has 154 valence electrons. The molecule has 0 aliphatic heterocycles. The number of rotatable bonds is 6. The van der Waals surface area contributed by atoms with Gasteiger partial charge < -0.3 is 0 Å². The zero-order valence-electron chi connectivity index (χ0n) is 15.5. The van der Waals surface area contributed by atoms with Crippen LogP contribution in [0.5, 0.6) is 0 Å². The first-order valence-corrected chi connectivity index (χ1v) is 13.5. The fourth-order valence-corrected chi connectivity index (χ4v) is 7.19. The smallest absolute Gasteiger partial charge is 0.202 e. The van der Waals surface area contributed by atoms with Crippen molar-refractivity contribution in [1.82, 2.24) is 19.7 Å². The fraction of sp³-hybridized carbons (Fsp3) is 0.105. The van der Waals surface area contributed by atoms with Crippen molar-refractivity contribution in [3.63, 3.8) is 0 Å². The molecule has 6 nitrogen and oxygen atoms in total. The number of aromatic nitrogens is 4. The predicted octanol–water partition coefficient (Wildman–Crippen LogP) is 5.68. The standard InChI is InChI=1S/C19H14Br2N4O2S3/c1-12-7-9-14(10-8-12)30(26,27)11-15-23-24-18(25(15)13-5-3-2-4-6-13)29-19-22-16(20)17(21)28-19/h2-10H,11H2,1H3. The molecule has 0 unspecified atom stereocenters. The Hall–Kier alpha value is -1.53. The van der Waals surface area contributed by atoms with Gasteiger partial charge in [0.2, 0.25) is 5.16 Å². The Labute approximate surface area is 199 Å². The number of sulfone groups is 1. The van der Waals surface area contributed by atoms with E-state index in [0.29, 0.717) is 15.6 Å².